The van der Waals surface area contributed by atoms with Crippen LogP contribution < -0.4 is 5.32 Å². The van der Waals surface area contributed by atoms with E-state index in [1.165, 1.54) is 32.1 Å². The minimum Gasteiger partial charge on any atom is -0.389 e. The van der Waals surface area contributed by atoms with Crippen LogP contribution in [0.1, 0.15) is 51.9 Å². The topological polar surface area (TPSA) is 32.3 Å². The van der Waals surface area contributed by atoms with Crippen LogP contribution >= 0.6 is 0 Å². The number of hydrogen-bond donors (Lipinski definition) is 2. The SMILES string of the molecule is CCC(NCC1(O)CCCC1)C1CC1. The van der Waals surface area contributed by atoms with Gasteiger partial charge in [-0.1, -0.05) is 19.8 Å². The monoisotopic (exact) mass is 197 g/mol. The Balaban J connectivity index is 1.74. The molecule has 2 N–H and O–H groups in total. The molecule has 0 aliphatic heterocycles. The molecule has 2 fully saturated rings. The summed E-state index contributed by atoms with van der Waals surface area (Å²) in [5.41, 5.74) is -0.373. The largest absolute Gasteiger partial charge is 0.389 e. The lowest BCUT2D eigenvalue weighted by Gasteiger charge is -2.26. The van der Waals surface area contributed by atoms with E-state index in [0.29, 0.717) is 6.04 Å². The first kappa shape index (κ1) is 10.4. The molecule has 1 atom stereocenters. The van der Waals surface area contributed by atoms with Crippen LogP contribution in [0, 0.1) is 5.92 Å². The van der Waals surface area contributed by atoms with E-state index in [1.807, 2.05) is 0 Å². The van der Waals surface area contributed by atoms with Crippen molar-refractivity contribution in [3.63, 3.8) is 0 Å². The summed E-state index contributed by atoms with van der Waals surface area (Å²) in [6.45, 7) is 3.07. The van der Waals surface area contributed by atoms with Gasteiger partial charge in [-0.2, -0.15) is 0 Å². The van der Waals surface area contributed by atoms with E-state index in [1.54, 1.807) is 0 Å². The lowest BCUT2D eigenvalue weighted by molar-refractivity contribution is 0.0439. The number of aliphatic hydroxyl groups is 1. The highest BCUT2D eigenvalue weighted by Gasteiger charge is 2.34. The van der Waals surface area contributed by atoms with Crippen molar-refractivity contribution in [3.8, 4) is 0 Å². The van der Waals surface area contributed by atoms with Gasteiger partial charge < -0.3 is 10.4 Å². The molecule has 2 aliphatic rings. The Morgan fingerprint density at radius 2 is 2.00 bits per heavy atom. The van der Waals surface area contributed by atoms with Crippen molar-refractivity contribution in [2.45, 2.75) is 63.5 Å². The Kier molecular flexibility index (Phi) is 3.13. The predicted octanol–water partition coefficient (Wildman–Crippen LogP) is 2.07. The minimum absolute atomic E-state index is 0.373. The lowest BCUT2D eigenvalue weighted by Crippen LogP contribution is -2.43. The van der Waals surface area contributed by atoms with Gasteiger partial charge in [-0.25, -0.2) is 0 Å². The van der Waals surface area contributed by atoms with Crippen LogP contribution in [0.15, 0.2) is 0 Å². The maximum Gasteiger partial charge on any atom is 0.0771 e. The molecule has 0 aromatic rings. The first-order chi connectivity index (χ1) is 6.73. The molecule has 0 heterocycles. The molecule has 0 aromatic heterocycles. The number of nitrogens with one attached hydrogen (secondary N) is 1. The summed E-state index contributed by atoms with van der Waals surface area (Å²) in [7, 11) is 0. The van der Waals surface area contributed by atoms with Gasteiger partial charge in [0.15, 0.2) is 0 Å². The normalized spacial score (nSPS) is 27.9. The van der Waals surface area contributed by atoms with Crippen LogP contribution in [0.3, 0.4) is 0 Å². The molecule has 0 spiro atoms. The number of hydrogen-bond acceptors (Lipinski definition) is 2. The van der Waals surface area contributed by atoms with E-state index in [4.69, 9.17) is 0 Å². The average molecular weight is 197 g/mol. The van der Waals surface area contributed by atoms with Gasteiger partial charge in [-0.05, 0) is 38.0 Å². The van der Waals surface area contributed by atoms with E-state index in [2.05, 4.69) is 12.2 Å². The second kappa shape index (κ2) is 4.19. The molecule has 0 radical (unpaired) electrons. The zero-order chi connectivity index (χ0) is 10.0. The highest BCUT2D eigenvalue weighted by atomic mass is 16.3. The summed E-state index contributed by atoms with van der Waals surface area (Å²) in [5.74, 6) is 0.907. The lowest BCUT2D eigenvalue weighted by atomic mass is 10.0. The summed E-state index contributed by atoms with van der Waals surface area (Å²) in [6.07, 6.45) is 8.41. The molecule has 14 heavy (non-hydrogen) atoms. The van der Waals surface area contributed by atoms with Crippen LogP contribution in [-0.2, 0) is 0 Å². The van der Waals surface area contributed by atoms with Crippen molar-refractivity contribution >= 4 is 0 Å². The van der Waals surface area contributed by atoms with Gasteiger partial charge in [0.05, 0.1) is 5.60 Å². The molecule has 0 amide bonds. The van der Waals surface area contributed by atoms with Gasteiger partial charge in [-0.3, -0.25) is 0 Å². The maximum atomic E-state index is 10.2. The highest BCUT2D eigenvalue weighted by Crippen LogP contribution is 2.35. The molecule has 0 bridgehead atoms. The minimum atomic E-state index is -0.373. The van der Waals surface area contributed by atoms with Crippen LogP contribution in [0.5, 0.6) is 0 Å². The molecule has 2 rings (SSSR count). The van der Waals surface area contributed by atoms with E-state index >= 15 is 0 Å². The van der Waals surface area contributed by atoms with E-state index in [9.17, 15) is 5.11 Å². The standard InChI is InChI=1S/C12H23NO/c1-2-11(10-5-6-10)13-9-12(14)7-3-4-8-12/h10-11,13-14H,2-9H2,1H3. The third-order valence-electron chi connectivity index (χ3n) is 3.86. The molecular weight excluding hydrogens is 174 g/mol. The molecule has 1 unspecified atom stereocenters. The predicted molar refractivity (Wildman–Crippen MR) is 58.2 cm³/mol. The summed E-state index contributed by atoms with van der Waals surface area (Å²) < 4.78 is 0. The van der Waals surface area contributed by atoms with Gasteiger partial charge in [0.25, 0.3) is 0 Å². The Bertz CT molecular complexity index is 183. The third-order valence-corrected chi connectivity index (χ3v) is 3.86. The third kappa shape index (κ3) is 2.48. The smallest absolute Gasteiger partial charge is 0.0771 e. The molecule has 0 saturated heterocycles. The zero-order valence-electron chi connectivity index (χ0n) is 9.26. The molecule has 2 aliphatic carbocycles. The first-order valence-corrected chi connectivity index (χ1v) is 6.19. The molecule has 0 aromatic carbocycles. The summed E-state index contributed by atoms with van der Waals surface area (Å²) in [4.78, 5) is 0. The molecule has 2 saturated carbocycles. The van der Waals surface area contributed by atoms with Gasteiger partial charge in [0, 0.05) is 12.6 Å². The fraction of sp³-hybridized carbons (Fsp3) is 1.00. The fourth-order valence-corrected chi connectivity index (χ4v) is 2.67. The fourth-order valence-electron chi connectivity index (χ4n) is 2.67. The van der Waals surface area contributed by atoms with Crippen molar-refractivity contribution in [3.05, 3.63) is 0 Å². The van der Waals surface area contributed by atoms with Crippen LogP contribution in [-0.4, -0.2) is 23.3 Å². The van der Waals surface area contributed by atoms with Crippen LogP contribution in [0.25, 0.3) is 0 Å². The Morgan fingerprint density at radius 3 is 2.50 bits per heavy atom. The number of rotatable bonds is 5. The van der Waals surface area contributed by atoms with E-state index in [0.717, 1.165) is 25.3 Å². The first-order valence-electron chi connectivity index (χ1n) is 6.19. The zero-order valence-corrected chi connectivity index (χ0v) is 9.26. The Labute approximate surface area is 87.1 Å². The van der Waals surface area contributed by atoms with Gasteiger partial charge in [-0.15, -0.1) is 0 Å². The Morgan fingerprint density at radius 1 is 1.36 bits per heavy atom. The van der Waals surface area contributed by atoms with Crippen molar-refractivity contribution in [1.82, 2.24) is 5.32 Å². The van der Waals surface area contributed by atoms with E-state index in [-0.39, 0.29) is 5.60 Å². The van der Waals surface area contributed by atoms with Gasteiger partial charge in [0.1, 0.15) is 0 Å². The molecule has 82 valence electrons. The van der Waals surface area contributed by atoms with E-state index < -0.39 is 0 Å². The summed E-state index contributed by atoms with van der Waals surface area (Å²) >= 11 is 0. The maximum absolute atomic E-state index is 10.2. The average Bonchev–Trinajstić information content (AvgIpc) is 2.91. The Hall–Kier alpha value is -0.0800. The second-order valence-corrected chi connectivity index (χ2v) is 5.16. The van der Waals surface area contributed by atoms with Gasteiger partial charge in [0.2, 0.25) is 0 Å². The second-order valence-electron chi connectivity index (χ2n) is 5.16. The van der Waals surface area contributed by atoms with Crippen molar-refractivity contribution in [2.75, 3.05) is 6.54 Å². The van der Waals surface area contributed by atoms with Crippen LogP contribution in [0.2, 0.25) is 0 Å². The van der Waals surface area contributed by atoms with Crippen molar-refractivity contribution in [2.24, 2.45) is 5.92 Å². The molecule has 2 nitrogen and oxygen atoms in total. The van der Waals surface area contributed by atoms with Gasteiger partial charge >= 0.3 is 0 Å². The molecule has 2 heteroatoms. The quantitative estimate of drug-likeness (QED) is 0.707. The van der Waals surface area contributed by atoms with Crippen LogP contribution in [0.4, 0.5) is 0 Å². The molecular formula is C12H23NO. The van der Waals surface area contributed by atoms with Crippen molar-refractivity contribution in [1.29, 1.82) is 0 Å². The highest BCUT2D eigenvalue weighted by molar-refractivity contribution is 4.91. The summed E-state index contributed by atoms with van der Waals surface area (Å²) in [5, 5.41) is 13.7. The van der Waals surface area contributed by atoms with Crippen molar-refractivity contribution < 1.29 is 5.11 Å². The summed E-state index contributed by atoms with van der Waals surface area (Å²) in [6, 6.07) is 0.666.